The van der Waals surface area contributed by atoms with Crippen LogP contribution in [0.15, 0.2) is 47.4 Å². The van der Waals surface area contributed by atoms with E-state index >= 15 is 0 Å². The third-order valence-electron chi connectivity index (χ3n) is 5.77. The van der Waals surface area contributed by atoms with Gasteiger partial charge in [0.1, 0.15) is 0 Å². The highest BCUT2D eigenvalue weighted by atomic mass is 32.2. The predicted octanol–water partition coefficient (Wildman–Crippen LogP) is 3.97. The van der Waals surface area contributed by atoms with Crippen LogP contribution in [0.4, 0.5) is 0 Å². The number of hydrogen-bond acceptors (Lipinski definition) is 3. The average Bonchev–Trinajstić information content (AvgIpc) is 2.66. The largest absolute Gasteiger partial charge is 0.303 e. The lowest BCUT2D eigenvalue weighted by atomic mass is 9.99. The van der Waals surface area contributed by atoms with Crippen molar-refractivity contribution in [3.8, 4) is 0 Å². The second kappa shape index (κ2) is 8.07. The van der Waals surface area contributed by atoms with Crippen molar-refractivity contribution in [2.24, 2.45) is 5.92 Å². The van der Waals surface area contributed by atoms with E-state index < -0.39 is 10.0 Å². The Morgan fingerprint density at radius 1 is 1.12 bits per heavy atom. The molecule has 142 valence electrons. The Morgan fingerprint density at radius 2 is 1.77 bits per heavy atom. The van der Waals surface area contributed by atoms with E-state index in [0.29, 0.717) is 4.90 Å². The maximum Gasteiger partial charge on any atom is 0.243 e. The first-order chi connectivity index (χ1) is 12.4. The first-order valence-electron chi connectivity index (χ1n) is 9.57. The Labute approximate surface area is 157 Å². The first-order valence-corrected chi connectivity index (χ1v) is 11.0. The lowest BCUT2D eigenvalue weighted by Crippen LogP contribution is -2.39. The van der Waals surface area contributed by atoms with Crippen LogP contribution < -0.4 is 0 Å². The van der Waals surface area contributed by atoms with Crippen LogP contribution in [0.25, 0.3) is 10.8 Å². The van der Waals surface area contributed by atoms with Gasteiger partial charge in [-0.05, 0) is 63.2 Å². The van der Waals surface area contributed by atoms with Crippen LogP contribution in [-0.2, 0) is 10.0 Å². The van der Waals surface area contributed by atoms with Crippen LogP contribution in [0, 0.1) is 5.92 Å². The molecule has 26 heavy (non-hydrogen) atoms. The molecule has 1 aliphatic rings. The quantitative estimate of drug-likeness (QED) is 0.768. The Kier molecular flexibility index (Phi) is 6.00. The van der Waals surface area contributed by atoms with Crippen molar-refractivity contribution in [3.63, 3.8) is 0 Å². The molecule has 0 aromatic heterocycles. The molecule has 0 bridgehead atoms. The smallest absolute Gasteiger partial charge is 0.243 e. The van der Waals surface area contributed by atoms with E-state index in [-0.39, 0.29) is 6.04 Å². The third-order valence-corrected chi connectivity index (χ3v) is 7.80. The number of sulfonamides is 1. The van der Waals surface area contributed by atoms with E-state index in [1.807, 2.05) is 43.3 Å². The van der Waals surface area contributed by atoms with E-state index in [0.717, 1.165) is 42.7 Å². The second-order valence-corrected chi connectivity index (χ2v) is 9.63. The van der Waals surface area contributed by atoms with Gasteiger partial charge in [-0.2, -0.15) is 4.31 Å². The molecule has 5 heteroatoms. The lowest BCUT2D eigenvalue weighted by Gasteiger charge is -2.32. The monoisotopic (exact) mass is 374 g/mol. The predicted molar refractivity (Wildman–Crippen MR) is 108 cm³/mol. The number of hydrogen-bond donors (Lipinski definition) is 0. The number of likely N-dealkylation sites (tertiary alicyclic amines) is 1. The summed E-state index contributed by atoms with van der Waals surface area (Å²) >= 11 is 0. The summed E-state index contributed by atoms with van der Waals surface area (Å²) in [5.74, 6) is 0.818. The fourth-order valence-corrected chi connectivity index (χ4v) is 5.25. The molecule has 0 radical (unpaired) electrons. The van der Waals surface area contributed by atoms with Gasteiger partial charge in [0, 0.05) is 18.5 Å². The summed E-state index contributed by atoms with van der Waals surface area (Å²) < 4.78 is 27.9. The molecule has 0 unspecified atom stereocenters. The minimum atomic E-state index is -3.51. The Hall–Kier alpha value is -1.43. The average molecular weight is 375 g/mol. The zero-order valence-electron chi connectivity index (χ0n) is 16.1. The van der Waals surface area contributed by atoms with Gasteiger partial charge in [-0.3, -0.25) is 0 Å². The van der Waals surface area contributed by atoms with Gasteiger partial charge in [0.15, 0.2) is 0 Å². The fraction of sp³-hybridized carbons (Fsp3) is 0.524. The van der Waals surface area contributed by atoms with Gasteiger partial charge in [0.25, 0.3) is 0 Å². The number of benzene rings is 2. The van der Waals surface area contributed by atoms with Gasteiger partial charge in [-0.15, -0.1) is 0 Å². The van der Waals surface area contributed by atoms with Gasteiger partial charge >= 0.3 is 0 Å². The van der Waals surface area contributed by atoms with E-state index in [2.05, 4.69) is 11.8 Å². The molecule has 1 fully saturated rings. The minimum Gasteiger partial charge on any atom is -0.303 e. The van der Waals surface area contributed by atoms with Gasteiger partial charge < -0.3 is 4.90 Å². The zero-order valence-corrected chi connectivity index (χ0v) is 16.9. The summed E-state index contributed by atoms with van der Waals surface area (Å²) in [6.07, 6.45) is 3.35. The standard InChI is InChI=1S/C21H30N2O2S/c1-17-11-14-23(15-12-17)16-13-18(2)22(3)26(24,25)21-10-6-8-19-7-4-5-9-20(19)21/h4-10,17-18H,11-16H2,1-3H3/t18-/m1/s1. The zero-order chi connectivity index (χ0) is 18.7. The summed E-state index contributed by atoms with van der Waals surface area (Å²) in [4.78, 5) is 2.87. The van der Waals surface area contributed by atoms with Gasteiger partial charge in [-0.25, -0.2) is 8.42 Å². The molecule has 2 aromatic rings. The molecule has 0 amide bonds. The van der Waals surface area contributed by atoms with E-state index in [1.165, 1.54) is 12.8 Å². The molecule has 1 saturated heterocycles. The molecule has 3 rings (SSSR count). The topological polar surface area (TPSA) is 40.6 Å². The molecule has 0 spiro atoms. The summed E-state index contributed by atoms with van der Waals surface area (Å²) in [6, 6.07) is 13.1. The van der Waals surface area contributed by atoms with E-state index in [4.69, 9.17) is 0 Å². The molecule has 1 heterocycles. The lowest BCUT2D eigenvalue weighted by molar-refractivity contribution is 0.179. The van der Waals surface area contributed by atoms with Crippen LogP contribution in [0.1, 0.15) is 33.1 Å². The minimum absolute atomic E-state index is 0.0293. The van der Waals surface area contributed by atoms with Crippen LogP contribution >= 0.6 is 0 Å². The Morgan fingerprint density at radius 3 is 2.50 bits per heavy atom. The summed E-state index contributed by atoms with van der Waals surface area (Å²) in [5, 5.41) is 1.75. The van der Waals surface area contributed by atoms with Crippen molar-refractivity contribution in [1.29, 1.82) is 0 Å². The number of rotatable bonds is 6. The van der Waals surface area contributed by atoms with Crippen molar-refractivity contribution < 1.29 is 8.42 Å². The molecule has 0 aliphatic carbocycles. The molecule has 2 aromatic carbocycles. The van der Waals surface area contributed by atoms with Crippen LogP contribution in [0.3, 0.4) is 0 Å². The maximum absolute atomic E-state index is 13.2. The third kappa shape index (κ3) is 4.11. The summed E-state index contributed by atoms with van der Waals surface area (Å²) in [5.41, 5.74) is 0. The molecular weight excluding hydrogens is 344 g/mol. The summed E-state index contributed by atoms with van der Waals surface area (Å²) in [7, 11) is -1.80. The van der Waals surface area contributed by atoms with Crippen LogP contribution in [-0.4, -0.2) is 50.3 Å². The van der Waals surface area contributed by atoms with Crippen molar-refractivity contribution >= 4 is 20.8 Å². The highest BCUT2D eigenvalue weighted by molar-refractivity contribution is 7.89. The normalized spacial score (nSPS) is 18.5. The first kappa shape index (κ1) is 19.3. The van der Waals surface area contributed by atoms with Crippen LogP contribution in [0.5, 0.6) is 0 Å². The van der Waals surface area contributed by atoms with Gasteiger partial charge in [-0.1, -0.05) is 43.3 Å². The highest BCUT2D eigenvalue weighted by Crippen LogP contribution is 2.26. The second-order valence-electron chi connectivity index (χ2n) is 7.66. The molecule has 1 aliphatic heterocycles. The number of piperidine rings is 1. The van der Waals surface area contributed by atoms with Crippen molar-refractivity contribution in [3.05, 3.63) is 42.5 Å². The molecular formula is C21H30N2O2S. The van der Waals surface area contributed by atoms with Crippen molar-refractivity contribution in [2.75, 3.05) is 26.7 Å². The summed E-state index contributed by atoms with van der Waals surface area (Å²) in [6.45, 7) is 7.55. The van der Waals surface area contributed by atoms with E-state index in [9.17, 15) is 8.42 Å². The Bertz CT molecular complexity index is 837. The molecule has 4 nitrogen and oxygen atoms in total. The molecule has 1 atom stereocenters. The maximum atomic E-state index is 13.2. The number of nitrogens with zero attached hydrogens (tertiary/aromatic N) is 2. The van der Waals surface area contributed by atoms with Gasteiger partial charge in [0.05, 0.1) is 4.90 Å². The molecule has 0 N–H and O–H groups in total. The van der Waals surface area contributed by atoms with Crippen LogP contribution in [0.2, 0.25) is 0 Å². The highest BCUT2D eigenvalue weighted by Gasteiger charge is 2.27. The van der Waals surface area contributed by atoms with E-state index in [1.54, 1.807) is 17.4 Å². The van der Waals surface area contributed by atoms with Gasteiger partial charge in [0.2, 0.25) is 10.0 Å². The fourth-order valence-electron chi connectivity index (χ4n) is 3.65. The van der Waals surface area contributed by atoms with Crippen molar-refractivity contribution in [1.82, 2.24) is 9.21 Å². The Balaban J connectivity index is 1.72. The molecule has 0 saturated carbocycles. The SMILES string of the molecule is CC1CCN(CC[C@@H](C)N(C)S(=O)(=O)c2cccc3ccccc23)CC1. The number of fused-ring (bicyclic) bond motifs is 1. The van der Waals surface area contributed by atoms with Crippen molar-refractivity contribution in [2.45, 2.75) is 44.0 Å².